The average Bonchev–Trinajstić information content (AvgIpc) is 2.56. The molecule has 0 fully saturated rings. The number of hydrogen-bond acceptors (Lipinski definition) is 6. The second kappa shape index (κ2) is 12.3. The van der Waals surface area contributed by atoms with Crippen molar-refractivity contribution in [3.63, 3.8) is 0 Å². The fourth-order valence-electron chi connectivity index (χ4n) is 2.01. The van der Waals surface area contributed by atoms with Crippen molar-refractivity contribution >= 4 is 11.9 Å². The minimum Gasteiger partial charge on any atom is -0.508 e. The van der Waals surface area contributed by atoms with Crippen LogP contribution >= 0.6 is 0 Å². The lowest BCUT2D eigenvalue weighted by Crippen LogP contribution is -2.38. The first-order valence-electron chi connectivity index (χ1n) is 8.75. The first-order valence-corrected chi connectivity index (χ1v) is 8.75. The number of aliphatic hydroxyl groups excluding tert-OH is 2. The van der Waals surface area contributed by atoms with Crippen LogP contribution < -0.4 is 5.32 Å². The number of carbonyl (C=O) groups is 2. The van der Waals surface area contributed by atoms with Crippen molar-refractivity contribution in [1.29, 1.82) is 0 Å². The maximum Gasteiger partial charge on any atom is 0.303 e. The number of benzene rings is 1. The maximum absolute atomic E-state index is 9.97. The highest BCUT2D eigenvalue weighted by molar-refractivity contribution is 5.67. The van der Waals surface area contributed by atoms with Crippen molar-refractivity contribution in [2.75, 3.05) is 6.54 Å². The Morgan fingerprint density at radius 3 is 2.00 bits per heavy atom. The number of carboxylic acid groups (broad SMARTS) is 2. The van der Waals surface area contributed by atoms with Gasteiger partial charge in [-0.15, -0.1) is 0 Å². The monoisotopic (exact) mass is 385 g/mol. The first kappa shape index (κ1) is 24.8. The third-order valence-electron chi connectivity index (χ3n) is 3.52. The summed E-state index contributed by atoms with van der Waals surface area (Å²) >= 11 is 0. The molecule has 1 aromatic rings. The molecule has 0 aliphatic heterocycles. The molecule has 1 atom stereocenters. The number of unbranched alkanes of at least 4 members (excludes halogenated alkanes) is 1. The number of aromatic hydroxyl groups is 1. The van der Waals surface area contributed by atoms with Gasteiger partial charge in [-0.3, -0.25) is 9.59 Å². The van der Waals surface area contributed by atoms with Crippen LogP contribution in [-0.4, -0.2) is 49.6 Å². The summed E-state index contributed by atoms with van der Waals surface area (Å²) in [6.45, 7) is 6.26. The third kappa shape index (κ3) is 12.8. The highest BCUT2D eigenvalue weighted by Crippen LogP contribution is 2.22. The standard InChI is InChI=1S/C13H21NO3.C6H10O4/c1-13(2,3)14-7-12(17)9-4-5-11(16)10(6-9)8-15;7-5(8)3-1-2-4-6(9)10/h4-6,12,14-17H,7-8H2,1-3H3;1-4H2,(H,7,8)(H,9,10). The molecule has 1 unspecified atom stereocenters. The zero-order valence-electron chi connectivity index (χ0n) is 16.1. The van der Waals surface area contributed by atoms with Crippen LogP contribution in [0.3, 0.4) is 0 Å². The Morgan fingerprint density at radius 1 is 1.07 bits per heavy atom. The Hall–Kier alpha value is -2.16. The van der Waals surface area contributed by atoms with Crippen LogP contribution in [0.15, 0.2) is 18.2 Å². The largest absolute Gasteiger partial charge is 0.508 e. The number of aliphatic hydroxyl groups is 2. The molecule has 0 saturated heterocycles. The van der Waals surface area contributed by atoms with Gasteiger partial charge in [-0.05, 0) is 51.3 Å². The minimum atomic E-state index is -0.870. The van der Waals surface area contributed by atoms with E-state index in [-0.39, 0.29) is 30.7 Å². The van der Waals surface area contributed by atoms with Gasteiger partial charge >= 0.3 is 11.9 Å². The maximum atomic E-state index is 9.97. The summed E-state index contributed by atoms with van der Waals surface area (Å²) in [4.78, 5) is 19.8. The molecule has 6 N–H and O–H groups in total. The van der Waals surface area contributed by atoms with E-state index in [0.717, 1.165) is 0 Å². The predicted octanol–water partition coefficient (Wildman–Crippen LogP) is 2.02. The summed E-state index contributed by atoms with van der Waals surface area (Å²) in [5.74, 6) is -1.69. The SMILES string of the molecule is CC(C)(C)NCC(O)c1ccc(O)c(CO)c1.O=C(O)CCCCC(=O)O. The molecule has 0 aliphatic carbocycles. The van der Waals surface area contributed by atoms with Gasteiger partial charge in [-0.1, -0.05) is 6.07 Å². The van der Waals surface area contributed by atoms with Gasteiger partial charge in [-0.2, -0.15) is 0 Å². The molecule has 0 saturated carbocycles. The highest BCUT2D eigenvalue weighted by atomic mass is 16.4. The lowest BCUT2D eigenvalue weighted by atomic mass is 10.0. The van der Waals surface area contributed by atoms with Gasteiger partial charge in [0.25, 0.3) is 0 Å². The second-order valence-corrected chi connectivity index (χ2v) is 7.19. The quantitative estimate of drug-likeness (QED) is 0.354. The number of nitrogens with one attached hydrogen (secondary N) is 1. The zero-order chi connectivity index (χ0) is 21.0. The number of carboxylic acids is 2. The van der Waals surface area contributed by atoms with Gasteiger partial charge in [0.1, 0.15) is 5.75 Å². The number of hydrogen-bond donors (Lipinski definition) is 6. The molecule has 1 aromatic carbocycles. The summed E-state index contributed by atoms with van der Waals surface area (Å²) in [6, 6.07) is 4.76. The van der Waals surface area contributed by atoms with E-state index in [9.17, 15) is 19.8 Å². The highest BCUT2D eigenvalue weighted by Gasteiger charge is 2.14. The van der Waals surface area contributed by atoms with Crippen molar-refractivity contribution < 1.29 is 35.1 Å². The third-order valence-corrected chi connectivity index (χ3v) is 3.52. The normalized spacial score (nSPS) is 12.0. The van der Waals surface area contributed by atoms with E-state index >= 15 is 0 Å². The van der Waals surface area contributed by atoms with E-state index in [0.29, 0.717) is 30.5 Å². The van der Waals surface area contributed by atoms with Crippen LogP contribution in [0.1, 0.15) is 63.7 Å². The first-order chi connectivity index (χ1) is 12.5. The van der Waals surface area contributed by atoms with Gasteiger partial charge in [0.15, 0.2) is 0 Å². The van der Waals surface area contributed by atoms with E-state index in [1.807, 2.05) is 20.8 Å². The van der Waals surface area contributed by atoms with Crippen molar-refractivity contribution in [2.45, 2.75) is 64.7 Å². The number of rotatable bonds is 9. The predicted molar refractivity (Wildman–Crippen MR) is 100 cm³/mol. The molecule has 0 heterocycles. The van der Waals surface area contributed by atoms with E-state index in [4.69, 9.17) is 15.3 Å². The van der Waals surface area contributed by atoms with Crippen LogP contribution in [0.2, 0.25) is 0 Å². The van der Waals surface area contributed by atoms with Crippen molar-refractivity contribution in [3.05, 3.63) is 29.3 Å². The van der Waals surface area contributed by atoms with Crippen LogP contribution in [0.5, 0.6) is 5.75 Å². The number of β-amino-alcohol motifs (C(OH)–C–C–N with tert-alkyl or cyclic N) is 1. The van der Waals surface area contributed by atoms with E-state index in [2.05, 4.69) is 5.32 Å². The Bertz CT molecular complexity index is 580. The Morgan fingerprint density at radius 2 is 1.59 bits per heavy atom. The Balaban J connectivity index is 0.000000580. The lowest BCUT2D eigenvalue weighted by molar-refractivity contribution is -0.139. The smallest absolute Gasteiger partial charge is 0.303 e. The lowest BCUT2D eigenvalue weighted by Gasteiger charge is -2.23. The van der Waals surface area contributed by atoms with Crippen molar-refractivity contribution in [2.24, 2.45) is 0 Å². The summed E-state index contributed by atoms with van der Waals surface area (Å²) in [5.41, 5.74) is 1.05. The summed E-state index contributed by atoms with van der Waals surface area (Å²) in [7, 11) is 0. The van der Waals surface area contributed by atoms with Crippen molar-refractivity contribution in [3.8, 4) is 5.75 Å². The molecular weight excluding hydrogens is 354 g/mol. The molecule has 0 aliphatic rings. The molecule has 8 nitrogen and oxygen atoms in total. The minimum absolute atomic E-state index is 0.0484. The molecule has 8 heteroatoms. The molecule has 27 heavy (non-hydrogen) atoms. The topological polar surface area (TPSA) is 147 Å². The molecule has 0 spiro atoms. The van der Waals surface area contributed by atoms with E-state index < -0.39 is 18.0 Å². The summed E-state index contributed by atoms with van der Waals surface area (Å²) in [5, 5.41) is 47.9. The summed E-state index contributed by atoms with van der Waals surface area (Å²) in [6.07, 6.45) is 0.365. The van der Waals surface area contributed by atoms with E-state index in [1.165, 1.54) is 6.07 Å². The van der Waals surface area contributed by atoms with Gasteiger partial charge in [0, 0.05) is 30.5 Å². The van der Waals surface area contributed by atoms with Gasteiger partial charge in [0.2, 0.25) is 0 Å². The molecule has 1 rings (SSSR count). The average molecular weight is 385 g/mol. The van der Waals surface area contributed by atoms with Crippen LogP contribution in [0.4, 0.5) is 0 Å². The van der Waals surface area contributed by atoms with Gasteiger partial charge in [0.05, 0.1) is 12.7 Å². The second-order valence-electron chi connectivity index (χ2n) is 7.19. The Kier molecular flexibility index (Phi) is 11.3. The molecule has 154 valence electrons. The number of aliphatic carboxylic acids is 2. The number of phenols is 1. The zero-order valence-corrected chi connectivity index (χ0v) is 16.1. The molecule has 0 amide bonds. The van der Waals surface area contributed by atoms with Crippen LogP contribution in [0, 0.1) is 0 Å². The molecular formula is C19H31NO7. The molecule has 0 bridgehead atoms. The Labute approximate surface area is 159 Å². The van der Waals surface area contributed by atoms with Crippen LogP contribution in [0.25, 0.3) is 0 Å². The fourth-order valence-corrected chi connectivity index (χ4v) is 2.01. The van der Waals surface area contributed by atoms with Crippen molar-refractivity contribution in [1.82, 2.24) is 5.32 Å². The molecule has 0 radical (unpaired) electrons. The van der Waals surface area contributed by atoms with Gasteiger partial charge in [-0.25, -0.2) is 0 Å². The summed E-state index contributed by atoms with van der Waals surface area (Å²) < 4.78 is 0. The van der Waals surface area contributed by atoms with Crippen LogP contribution in [-0.2, 0) is 16.2 Å². The van der Waals surface area contributed by atoms with Gasteiger partial charge < -0.3 is 30.8 Å². The van der Waals surface area contributed by atoms with E-state index in [1.54, 1.807) is 12.1 Å². The fraction of sp³-hybridized carbons (Fsp3) is 0.579. The molecule has 0 aromatic heterocycles.